The maximum absolute atomic E-state index is 6.12. The van der Waals surface area contributed by atoms with E-state index in [0.29, 0.717) is 6.04 Å². The molecule has 1 aromatic rings. The fourth-order valence-electron chi connectivity index (χ4n) is 2.71. The van der Waals surface area contributed by atoms with Crippen molar-refractivity contribution in [1.82, 2.24) is 5.32 Å². The summed E-state index contributed by atoms with van der Waals surface area (Å²) in [4.78, 5) is 2.47. The molecule has 2 aliphatic rings. The van der Waals surface area contributed by atoms with Gasteiger partial charge in [-0.1, -0.05) is 11.6 Å². The van der Waals surface area contributed by atoms with Crippen molar-refractivity contribution in [2.24, 2.45) is 5.92 Å². The third-order valence-electron chi connectivity index (χ3n) is 3.87. The Morgan fingerprint density at radius 2 is 2.17 bits per heavy atom. The molecule has 0 amide bonds. The van der Waals surface area contributed by atoms with Crippen LogP contribution in [0.4, 0.5) is 5.69 Å². The minimum atomic E-state index is 0.651. The first kappa shape index (κ1) is 12.8. The zero-order valence-electron chi connectivity index (χ0n) is 10.3. The molecule has 1 unspecified atom stereocenters. The van der Waals surface area contributed by atoms with Gasteiger partial charge in [-0.25, -0.2) is 0 Å². The first-order chi connectivity index (χ1) is 8.74. The summed E-state index contributed by atoms with van der Waals surface area (Å²) in [5, 5.41) is 4.50. The molecule has 1 aromatic carbocycles. The molecule has 2 fully saturated rings. The number of nitrogens with one attached hydrogen (secondary N) is 1. The summed E-state index contributed by atoms with van der Waals surface area (Å²) < 4.78 is 1.14. The molecule has 1 heterocycles. The van der Waals surface area contributed by atoms with Crippen molar-refractivity contribution in [2.75, 3.05) is 24.5 Å². The maximum atomic E-state index is 6.12. The van der Waals surface area contributed by atoms with E-state index in [0.717, 1.165) is 35.0 Å². The highest BCUT2D eigenvalue weighted by Gasteiger charge is 2.33. The van der Waals surface area contributed by atoms with Crippen molar-refractivity contribution in [3.05, 3.63) is 27.7 Å². The predicted octanol–water partition coefficient (Wildman–Crippen LogP) is 3.68. The second kappa shape index (κ2) is 5.40. The molecule has 1 aliphatic carbocycles. The minimum Gasteiger partial charge on any atom is -0.369 e. The molecule has 3 rings (SSSR count). The Balaban J connectivity index is 1.82. The number of nitrogens with zero attached hydrogens (tertiary/aromatic N) is 1. The van der Waals surface area contributed by atoms with Gasteiger partial charge in [0.1, 0.15) is 0 Å². The zero-order valence-corrected chi connectivity index (χ0v) is 12.7. The van der Waals surface area contributed by atoms with Crippen molar-refractivity contribution in [2.45, 2.75) is 25.3 Å². The van der Waals surface area contributed by atoms with Crippen LogP contribution < -0.4 is 10.2 Å². The van der Waals surface area contributed by atoms with Gasteiger partial charge in [-0.2, -0.15) is 0 Å². The smallest absolute Gasteiger partial charge is 0.0526 e. The lowest BCUT2D eigenvalue weighted by Gasteiger charge is -2.27. The van der Waals surface area contributed by atoms with E-state index < -0.39 is 0 Å². The fraction of sp³-hybridized carbons (Fsp3) is 0.571. The summed E-state index contributed by atoms with van der Waals surface area (Å²) in [6, 6.07) is 6.70. The maximum Gasteiger partial charge on any atom is 0.0526 e. The van der Waals surface area contributed by atoms with Crippen LogP contribution in [-0.2, 0) is 0 Å². The number of hydrogen-bond donors (Lipinski definition) is 1. The lowest BCUT2D eigenvalue weighted by molar-refractivity contribution is 0.490. The van der Waals surface area contributed by atoms with Crippen LogP contribution in [0.3, 0.4) is 0 Å². The number of anilines is 1. The summed E-state index contributed by atoms with van der Waals surface area (Å²) >= 11 is 9.77. The molecule has 2 nitrogen and oxygen atoms in total. The van der Waals surface area contributed by atoms with Gasteiger partial charge in [0.25, 0.3) is 0 Å². The van der Waals surface area contributed by atoms with Crippen molar-refractivity contribution < 1.29 is 0 Å². The molecule has 1 saturated heterocycles. The van der Waals surface area contributed by atoms with Gasteiger partial charge in [0.05, 0.1) is 5.69 Å². The molecule has 98 valence electrons. The van der Waals surface area contributed by atoms with Crippen LogP contribution in [-0.4, -0.2) is 25.7 Å². The van der Waals surface area contributed by atoms with E-state index in [1.807, 2.05) is 12.1 Å². The third kappa shape index (κ3) is 2.84. The molecule has 18 heavy (non-hydrogen) atoms. The number of halogens is 2. The van der Waals surface area contributed by atoms with Crippen LogP contribution >= 0.6 is 27.5 Å². The first-order valence-electron chi connectivity index (χ1n) is 6.67. The van der Waals surface area contributed by atoms with Gasteiger partial charge in [0, 0.05) is 28.6 Å². The standard InChI is InChI=1S/C14H18BrClN2/c15-12-5-4-11(16)8-14(12)18-7-1-6-17-13(9-18)10-2-3-10/h4-5,8,10,13,17H,1-3,6-7,9H2. The average molecular weight is 330 g/mol. The van der Waals surface area contributed by atoms with Gasteiger partial charge in [0.2, 0.25) is 0 Å². The Hall–Kier alpha value is -0.250. The largest absolute Gasteiger partial charge is 0.369 e. The third-order valence-corrected chi connectivity index (χ3v) is 4.77. The van der Waals surface area contributed by atoms with E-state index in [-0.39, 0.29) is 0 Å². The van der Waals surface area contributed by atoms with Crippen LogP contribution in [0.15, 0.2) is 22.7 Å². The SMILES string of the molecule is Clc1ccc(Br)c(N2CCCNC(C3CC3)C2)c1. The predicted molar refractivity (Wildman–Crippen MR) is 80.5 cm³/mol. The van der Waals surface area contributed by atoms with E-state index >= 15 is 0 Å². The van der Waals surface area contributed by atoms with E-state index in [9.17, 15) is 0 Å². The van der Waals surface area contributed by atoms with Gasteiger partial charge in [0.15, 0.2) is 0 Å². The Bertz CT molecular complexity index is 434. The van der Waals surface area contributed by atoms with Gasteiger partial charge in [-0.3, -0.25) is 0 Å². The highest BCUT2D eigenvalue weighted by molar-refractivity contribution is 9.10. The van der Waals surface area contributed by atoms with Crippen LogP contribution in [0.5, 0.6) is 0 Å². The van der Waals surface area contributed by atoms with E-state index in [1.54, 1.807) is 0 Å². The molecule has 0 radical (unpaired) electrons. The van der Waals surface area contributed by atoms with Crippen molar-refractivity contribution in [3.8, 4) is 0 Å². The molecule has 0 bridgehead atoms. The second-order valence-corrected chi connectivity index (χ2v) is 6.58. The normalized spacial score (nSPS) is 25.0. The quantitative estimate of drug-likeness (QED) is 0.890. The molecule has 1 saturated carbocycles. The van der Waals surface area contributed by atoms with Crippen molar-refractivity contribution in [1.29, 1.82) is 0 Å². The second-order valence-electron chi connectivity index (χ2n) is 5.29. The summed E-state index contributed by atoms with van der Waals surface area (Å²) in [6.07, 6.45) is 3.98. The molecular formula is C14H18BrClN2. The van der Waals surface area contributed by atoms with Crippen molar-refractivity contribution in [3.63, 3.8) is 0 Å². The van der Waals surface area contributed by atoms with E-state index in [4.69, 9.17) is 11.6 Å². The summed E-state index contributed by atoms with van der Waals surface area (Å²) in [5.74, 6) is 0.892. The van der Waals surface area contributed by atoms with Gasteiger partial charge < -0.3 is 10.2 Å². The number of rotatable bonds is 2. The summed E-state index contributed by atoms with van der Waals surface area (Å²) in [7, 11) is 0. The lowest BCUT2D eigenvalue weighted by atomic mass is 10.1. The van der Waals surface area contributed by atoms with Crippen molar-refractivity contribution >= 4 is 33.2 Å². The monoisotopic (exact) mass is 328 g/mol. The Kier molecular flexibility index (Phi) is 3.83. The number of hydrogen-bond acceptors (Lipinski definition) is 2. The van der Waals surface area contributed by atoms with Crippen LogP contribution in [0.25, 0.3) is 0 Å². The Morgan fingerprint density at radius 3 is 2.94 bits per heavy atom. The molecule has 1 N–H and O–H groups in total. The Morgan fingerprint density at radius 1 is 1.33 bits per heavy atom. The van der Waals surface area contributed by atoms with E-state index in [1.165, 1.54) is 24.9 Å². The molecular weight excluding hydrogens is 312 g/mol. The van der Waals surface area contributed by atoms with Gasteiger partial charge in [-0.05, 0) is 65.9 Å². The zero-order chi connectivity index (χ0) is 12.5. The van der Waals surface area contributed by atoms with Crippen LogP contribution in [0.1, 0.15) is 19.3 Å². The molecule has 1 aliphatic heterocycles. The molecule has 4 heteroatoms. The van der Waals surface area contributed by atoms with Crippen LogP contribution in [0, 0.1) is 5.92 Å². The Labute approximate surface area is 122 Å². The van der Waals surface area contributed by atoms with E-state index in [2.05, 4.69) is 32.2 Å². The number of benzene rings is 1. The average Bonchev–Trinajstić information content (AvgIpc) is 3.16. The van der Waals surface area contributed by atoms with Gasteiger partial charge in [-0.15, -0.1) is 0 Å². The topological polar surface area (TPSA) is 15.3 Å². The van der Waals surface area contributed by atoms with Crippen LogP contribution in [0.2, 0.25) is 5.02 Å². The molecule has 0 aromatic heterocycles. The fourth-order valence-corrected chi connectivity index (χ4v) is 3.38. The highest BCUT2D eigenvalue weighted by atomic mass is 79.9. The van der Waals surface area contributed by atoms with Gasteiger partial charge >= 0.3 is 0 Å². The summed E-state index contributed by atoms with van der Waals surface area (Å²) in [5.41, 5.74) is 1.23. The highest BCUT2D eigenvalue weighted by Crippen LogP contribution is 2.36. The minimum absolute atomic E-state index is 0.651. The molecule has 1 atom stereocenters. The first-order valence-corrected chi connectivity index (χ1v) is 7.84. The lowest BCUT2D eigenvalue weighted by Crippen LogP contribution is -2.39. The summed E-state index contributed by atoms with van der Waals surface area (Å²) in [6.45, 7) is 3.34. The molecule has 0 spiro atoms.